The zero-order chi connectivity index (χ0) is 16.0. The van der Waals surface area contributed by atoms with Gasteiger partial charge in [0.15, 0.2) is 0 Å². The normalized spacial score (nSPS) is 19.4. The molecule has 0 saturated carbocycles. The molecule has 0 spiro atoms. The van der Waals surface area contributed by atoms with Crippen LogP contribution in [0.2, 0.25) is 0 Å². The van der Waals surface area contributed by atoms with Crippen molar-refractivity contribution in [2.45, 2.75) is 45.8 Å². The van der Waals surface area contributed by atoms with Crippen LogP contribution in [0.3, 0.4) is 0 Å². The van der Waals surface area contributed by atoms with E-state index in [0.29, 0.717) is 0 Å². The second kappa shape index (κ2) is 5.22. The van der Waals surface area contributed by atoms with Gasteiger partial charge in [0.2, 0.25) is 0 Å². The average molecular weight is 295 g/mol. The maximum absolute atomic E-state index is 6.19. The minimum atomic E-state index is -0.395. The molecule has 0 amide bonds. The smallest absolute Gasteiger partial charge is 0.399 e. The lowest BCUT2D eigenvalue weighted by Crippen LogP contribution is -2.41. The van der Waals surface area contributed by atoms with Gasteiger partial charge in [-0.1, -0.05) is 30.3 Å². The van der Waals surface area contributed by atoms with Gasteiger partial charge >= 0.3 is 7.12 Å². The van der Waals surface area contributed by atoms with Gasteiger partial charge in [-0.15, -0.1) is 0 Å². The van der Waals surface area contributed by atoms with E-state index in [0.717, 1.165) is 16.7 Å². The van der Waals surface area contributed by atoms with E-state index in [4.69, 9.17) is 9.31 Å². The first-order valence-electron chi connectivity index (χ1n) is 7.68. The molecule has 1 aromatic heterocycles. The van der Waals surface area contributed by atoms with Crippen LogP contribution in [0.1, 0.15) is 33.3 Å². The van der Waals surface area contributed by atoms with Crippen LogP contribution in [-0.2, 0) is 9.31 Å². The van der Waals surface area contributed by atoms with E-state index in [-0.39, 0.29) is 11.2 Å². The summed E-state index contributed by atoms with van der Waals surface area (Å²) >= 11 is 0. The SMILES string of the molecule is Cc1ccccc1-c1ncccc1B1OC(C)(C)C(C)(C)O1. The number of pyridine rings is 1. The van der Waals surface area contributed by atoms with Gasteiger partial charge < -0.3 is 9.31 Å². The highest BCUT2D eigenvalue weighted by Gasteiger charge is 2.52. The molecule has 3 nitrogen and oxygen atoms in total. The Balaban J connectivity index is 2.06. The van der Waals surface area contributed by atoms with Crippen LogP contribution < -0.4 is 5.46 Å². The Morgan fingerprint density at radius 3 is 2.18 bits per heavy atom. The van der Waals surface area contributed by atoms with Crippen molar-refractivity contribution in [3.8, 4) is 11.3 Å². The summed E-state index contributed by atoms with van der Waals surface area (Å²) in [5.74, 6) is 0. The standard InChI is InChI=1S/C18H22BNO2/c1-13-9-6-7-10-14(13)16-15(11-8-12-20-16)19-21-17(2,3)18(4,5)22-19/h6-12H,1-5H3. The minimum Gasteiger partial charge on any atom is -0.399 e. The zero-order valence-corrected chi connectivity index (χ0v) is 13.9. The van der Waals surface area contributed by atoms with Crippen molar-refractivity contribution in [2.24, 2.45) is 0 Å². The van der Waals surface area contributed by atoms with Gasteiger partial charge in [-0.25, -0.2) is 0 Å². The van der Waals surface area contributed by atoms with Crippen molar-refractivity contribution in [1.82, 2.24) is 4.98 Å². The molecule has 2 heterocycles. The largest absolute Gasteiger partial charge is 0.497 e. The molecule has 0 radical (unpaired) electrons. The van der Waals surface area contributed by atoms with Crippen molar-refractivity contribution in [1.29, 1.82) is 0 Å². The van der Waals surface area contributed by atoms with Crippen LogP contribution in [-0.4, -0.2) is 23.3 Å². The molecular formula is C18H22BNO2. The maximum Gasteiger partial charge on any atom is 0.497 e. The number of hydrogen-bond acceptors (Lipinski definition) is 3. The van der Waals surface area contributed by atoms with Gasteiger partial charge in [0.25, 0.3) is 0 Å². The molecule has 114 valence electrons. The molecule has 0 bridgehead atoms. The molecule has 4 heteroatoms. The topological polar surface area (TPSA) is 31.4 Å². The summed E-state index contributed by atoms with van der Waals surface area (Å²) in [6, 6.07) is 12.2. The maximum atomic E-state index is 6.19. The highest BCUT2D eigenvalue weighted by Crippen LogP contribution is 2.37. The van der Waals surface area contributed by atoms with Crippen molar-refractivity contribution in [3.05, 3.63) is 48.2 Å². The summed E-state index contributed by atoms with van der Waals surface area (Å²) in [5, 5.41) is 0. The summed E-state index contributed by atoms with van der Waals surface area (Å²) in [6.45, 7) is 10.4. The molecule has 1 saturated heterocycles. The Hall–Kier alpha value is -1.65. The number of aromatic nitrogens is 1. The molecule has 1 aliphatic rings. The fourth-order valence-electron chi connectivity index (χ4n) is 2.64. The first-order chi connectivity index (χ1) is 10.3. The summed E-state index contributed by atoms with van der Waals surface area (Å²) in [5.41, 5.74) is 3.52. The van der Waals surface area contributed by atoms with Crippen molar-refractivity contribution >= 4 is 12.6 Å². The van der Waals surface area contributed by atoms with Crippen molar-refractivity contribution in [3.63, 3.8) is 0 Å². The number of hydrogen-bond donors (Lipinski definition) is 0. The van der Waals surface area contributed by atoms with Gasteiger partial charge in [0, 0.05) is 17.2 Å². The van der Waals surface area contributed by atoms with Crippen LogP contribution in [0.15, 0.2) is 42.6 Å². The highest BCUT2D eigenvalue weighted by molar-refractivity contribution is 6.63. The van der Waals surface area contributed by atoms with Crippen LogP contribution in [0.25, 0.3) is 11.3 Å². The monoisotopic (exact) mass is 295 g/mol. The van der Waals surface area contributed by atoms with E-state index in [1.54, 1.807) is 0 Å². The Labute approximate surface area is 132 Å². The van der Waals surface area contributed by atoms with Gasteiger partial charge in [-0.3, -0.25) is 4.98 Å². The van der Waals surface area contributed by atoms with E-state index in [1.807, 2.05) is 30.5 Å². The Morgan fingerprint density at radius 2 is 1.55 bits per heavy atom. The molecule has 1 aromatic carbocycles. The van der Waals surface area contributed by atoms with Crippen LogP contribution in [0.5, 0.6) is 0 Å². The van der Waals surface area contributed by atoms with Crippen molar-refractivity contribution < 1.29 is 9.31 Å². The number of aryl methyl sites for hydroxylation is 1. The Bertz CT molecular complexity index is 681. The van der Waals surface area contributed by atoms with Crippen LogP contribution in [0, 0.1) is 6.92 Å². The molecule has 0 aliphatic carbocycles. The van der Waals surface area contributed by atoms with Crippen LogP contribution >= 0.6 is 0 Å². The lowest BCUT2D eigenvalue weighted by molar-refractivity contribution is 0.00578. The fraction of sp³-hybridized carbons (Fsp3) is 0.389. The molecule has 1 fully saturated rings. The van der Waals surface area contributed by atoms with E-state index < -0.39 is 7.12 Å². The third-order valence-corrected chi connectivity index (χ3v) is 4.75. The number of rotatable bonds is 2. The predicted molar refractivity (Wildman–Crippen MR) is 90.1 cm³/mol. The molecule has 0 atom stereocenters. The minimum absolute atomic E-state index is 0.351. The molecule has 22 heavy (non-hydrogen) atoms. The second-order valence-electron chi connectivity index (χ2n) is 6.84. The van der Waals surface area contributed by atoms with E-state index in [2.05, 4.69) is 51.7 Å². The third-order valence-electron chi connectivity index (χ3n) is 4.75. The fourth-order valence-corrected chi connectivity index (χ4v) is 2.64. The van der Waals surface area contributed by atoms with Gasteiger partial charge in [-0.05, 0) is 46.2 Å². The molecule has 0 unspecified atom stereocenters. The summed E-state index contributed by atoms with van der Waals surface area (Å²) in [6.07, 6.45) is 1.82. The highest BCUT2D eigenvalue weighted by atomic mass is 16.7. The van der Waals surface area contributed by atoms with Gasteiger partial charge in [-0.2, -0.15) is 0 Å². The van der Waals surface area contributed by atoms with E-state index in [1.165, 1.54) is 5.56 Å². The summed E-state index contributed by atoms with van der Waals surface area (Å²) < 4.78 is 12.4. The van der Waals surface area contributed by atoms with E-state index >= 15 is 0 Å². The molecular weight excluding hydrogens is 273 g/mol. The van der Waals surface area contributed by atoms with Gasteiger partial charge in [0.05, 0.1) is 16.9 Å². The second-order valence-corrected chi connectivity index (χ2v) is 6.84. The Morgan fingerprint density at radius 1 is 0.909 bits per heavy atom. The zero-order valence-electron chi connectivity index (χ0n) is 13.9. The molecule has 0 N–H and O–H groups in total. The third kappa shape index (κ3) is 2.47. The number of nitrogens with zero attached hydrogens (tertiary/aromatic N) is 1. The average Bonchev–Trinajstić information content (AvgIpc) is 2.68. The lowest BCUT2D eigenvalue weighted by Gasteiger charge is -2.32. The van der Waals surface area contributed by atoms with Crippen molar-refractivity contribution in [2.75, 3.05) is 0 Å². The first-order valence-corrected chi connectivity index (χ1v) is 7.68. The van der Waals surface area contributed by atoms with Crippen LogP contribution in [0.4, 0.5) is 0 Å². The summed E-state index contributed by atoms with van der Waals surface area (Å²) in [4.78, 5) is 4.59. The summed E-state index contributed by atoms with van der Waals surface area (Å²) in [7, 11) is -0.395. The van der Waals surface area contributed by atoms with E-state index in [9.17, 15) is 0 Å². The Kier molecular flexibility index (Phi) is 3.62. The lowest BCUT2D eigenvalue weighted by atomic mass is 9.76. The van der Waals surface area contributed by atoms with Gasteiger partial charge in [0.1, 0.15) is 0 Å². The number of benzene rings is 1. The molecule has 2 aromatic rings. The molecule has 3 rings (SSSR count). The quantitative estimate of drug-likeness (QED) is 0.796. The predicted octanol–water partition coefficient (Wildman–Crippen LogP) is 3.36. The first kappa shape index (κ1) is 15.3. The molecule has 1 aliphatic heterocycles.